The van der Waals surface area contributed by atoms with Gasteiger partial charge < -0.3 is 0 Å². The molecule has 0 aliphatic rings. The van der Waals surface area contributed by atoms with E-state index in [1.54, 1.807) is 23.1 Å². The molecule has 0 unspecified atom stereocenters. The molecule has 1 heterocycles. The molecule has 0 bridgehead atoms. The van der Waals surface area contributed by atoms with Gasteiger partial charge in [0.05, 0.1) is 12.7 Å². The summed E-state index contributed by atoms with van der Waals surface area (Å²) in [5.74, 6) is -0.328. The van der Waals surface area contributed by atoms with Gasteiger partial charge >= 0.3 is 0 Å². The largest absolute Gasteiger partial charge is 0.268 e. The SMILES string of the molecule is Fc1ccc(Cn2c[c]cn2)c(Cl)c1. The van der Waals surface area contributed by atoms with Crippen molar-refractivity contribution in [3.05, 3.63) is 53.1 Å². The normalized spacial score (nSPS) is 10.4. The maximum Gasteiger partial charge on any atom is 0.124 e. The molecule has 2 aromatic rings. The van der Waals surface area contributed by atoms with Crippen LogP contribution in [0.5, 0.6) is 0 Å². The molecule has 4 heteroatoms. The molecule has 0 N–H and O–H groups in total. The van der Waals surface area contributed by atoms with E-state index in [2.05, 4.69) is 11.2 Å². The molecule has 14 heavy (non-hydrogen) atoms. The van der Waals surface area contributed by atoms with Gasteiger partial charge in [0, 0.05) is 17.3 Å². The molecule has 2 nitrogen and oxygen atoms in total. The number of aromatic nitrogens is 2. The molecule has 2 rings (SSSR count). The standard InChI is InChI=1S/C10H7ClFN2/c11-10-6-9(12)3-2-8(10)7-14-5-1-4-13-14/h2-6H,7H2. The second-order valence-corrected chi connectivity index (χ2v) is 3.28. The molecule has 0 aliphatic carbocycles. The van der Waals surface area contributed by atoms with E-state index in [4.69, 9.17) is 11.6 Å². The lowest BCUT2D eigenvalue weighted by atomic mass is 10.2. The summed E-state index contributed by atoms with van der Waals surface area (Å²) < 4.78 is 14.4. The van der Waals surface area contributed by atoms with Gasteiger partial charge in [-0.25, -0.2) is 4.39 Å². The highest BCUT2D eigenvalue weighted by Gasteiger charge is 2.02. The molecule has 1 radical (unpaired) electrons. The Labute approximate surface area is 85.9 Å². The van der Waals surface area contributed by atoms with Crippen LogP contribution in [-0.4, -0.2) is 9.78 Å². The van der Waals surface area contributed by atoms with Crippen molar-refractivity contribution in [2.24, 2.45) is 0 Å². The number of rotatable bonds is 2. The van der Waals surface area contributed by atoms with Gasteiger partial charge in [-0.1, -0.05) is 17.7 Å². The first kappa shape index (κ1) is 9.21. The smallest absolute Gasteiger partial charge is 0.124 e. The highest BCUT2D eigenvalue weighted by molar-refractivity contribution is 6.31. The van der Waals surface area contributed by atoms with Crippen LogP contribution in [-0.2, 0) is 6.54 Å². The van der Waals surface area contributed by atoms with Crippen molar-refractivity contribution in [3.63, 3.8) is 0 Å². The molecule has 0 atom stereocenters. The number of benzene rings is 1. The average molecular weight is 210 g/mol. The van der Waals surface area contributed by atoms with Crippen molar-refractivity contribution in [1.29, 1.82) is 0 Å². The second kappa shape index (κ2) is 3.80. The molecule has 1 aromatic heterocycles. The van der Waals surface area contributed by atoms with Crippen molar-refractivity contribution in [3.8, 4) is 0 Å². The van der Waals surface area contributed by atoms with Gasteiger partial charge in [-0.2, -0.15) is 5.10 Å². The molecule has 0 amide bonds. The Morgan fingerprint density at radius 3 is 3.00 bits per heavy atom. The van der Waals surface area contributed by atoms with Crippen molar-refractivity contribution in [2.75, 3.05) is 0 Å². The maximum absolute atomic E-state index is 12.7. The first-order valence-corrected chi connectivity index (χ1v) is 4.46. The van der Waals surface area contributed by atoms with E-state index in [9.17, 15) is 4.39 Å². The summed E-state index contributed by atoms with van der Waals surface area (Å²) in [6.45, 7) is 0.530. The zero-order valence-electron chi connectivity index (χ0n) is 7.24. The fourth-order valence-corrected chi connectivity index (χ4v) is 1.40. The monoisotopic (exact) mass is 209 g/mol. The number of halogens is 2. The van der Waals surface area contributed by atoms with Crippen LogP contribution in [0.2, 0.25) is 5.02 Å². The van der Waals surface area contributed by atoms with E-state index in [1.807, 2.05) is 0 Å². The summed E-state index contributed by atoms with van der Waals surface area (Å²) >= 11 is 5.86. The lowest BCUT2D eigenvalue weighted by molar-refractivity contribution is 0.624. The van der Waals surface area contributed by atoms with E-state index in [1.165, 1.54) is 12.1 Å². The second-order valence-electron chi connectivity index (χ2n) is 2.87. The van der Waals surface area contributed by atoms with E-state index < -0.39 is 0 Å². The van der Waals surface area contributed by atoms with E-state index in [0.29, 0.717) is 11.6 Å². The summed E-state index contributed by atoms with van der Waals surface area (Å²) in [7, 11) is 0. The Morgan fingerprint density at radius 1 is 1.50 bits per heavy atom. The average Bonchev–Trinajstić information content (AvgIpc) is 2.62. The minimum atomic E-state index is -0.328. The van der Waals surface area contributed by atoms with Crippen LogP contribution in [0.25, 0.3) is 0 Å². The summed E-state index contributed by atoms with van der Waals surface area (Å²) in [5, 5.41) is 4.40. The van der Waals surface area contributed by atoms with Crippen LogP contribution >= 0.6 is 11.6 Å². The molecule has 0 saturated carbocycles. The Bertz CT molecular complexity index is 426. The topological polar surface area (TPSA) is 17.8 Å². The van der Waals surface area contributed by atoms with Crippen molar-refractivity contribution < 1.29 is 4.39 Å². The van der Waals surface area contributed by atoms with Crippen LogP contribution in [0.3, 0.4) is 0 Å². The lowest BCUT2D eigenvalue weighted by Crippen LogP contribution is -2.00. The summed E-state index contributed by atoms with van der Waals surface area (Å²) in [6.07, 6.45) is 3.27. The van der Waals surface area contributed by atoms with Crippen LogP contribution in [0.15, 0.2) is 30.6 Å². The van der Waals surface area contributed by atoms with Gasteiger partial charge in [0.15, 0.2) is 0 Å². The summed E-state index contributed by atoms with van der Waals surface area (Å²) in [4.78, 5) is 0. The molecule has 0 fully saturated rings. The Morgan fingerprint density at radius 2 is 2.36 bits per heavy atom. The summed E-state index contributed by atoms with van der Waals surface area (Å²) in [5.41, 5.74) is 0.838. The van der Waals surface area contributed by atoms with E-state index in [-0.39, 0.29) is 5.82 Å². The van der Waals surface area contributed by atoms with Crippen LogP contribution < -0.4 is 0 Å². The Balaban J connectivity index is 2.25. The molecular weight excluding hydrogens is 203 g/mol. The van der Waals surface area contributed by atoms with Gasteiger partial charge in [0.2, 0.25) is 0 Å². The third kappa shape index (κ3) is 1.93. The summed E-state index contributed by atoms with van der Waals surface area (Å²) in [6, 6.07) is 7.15. The van der Waals surface area contributed by atoms with Gasteiger partial charge in [0.25, 0.3) is 0 Å². The number of hydrogen-bond donors (Lipinski definition) is 0. The number of hydrogen-bond acceptors (Lipinski definition) is 1. The van der Waals surface area contributed by atoms with Crippen LogP contribution in [0, 0.1) is 11.9 Å². The minimum Gasteiger partial charge on any atom is -0.268 e. The minimum absolute atomic E-state index is 0.328. The molecule has 0 spiro atoms. The Hall–Kier alpha value is -1.35. The van der Waals surface area contributed by atoms with E-state index in [0.717, 1.165) is 5.56 Å². The van der Waals surface area contributed by atoms with Crippen molar-refractivity contribution >= 4 is 11.6 Å². The Kier molecular flexibility index (Phi) is 2.50. The van der Waals surface area contributed by atoms with Gasteiger partial charge in [0.1, 0.15) is 5.82 Å². The zero-order valence-corrected chi connectivity index (χ0v) is 8.00. The first-order chi connectivity index (χ1) is 6.75. The molecular formula is C10H7ClFN2. The van der Waals surface area contributed by atoms with Crippen molar-refractivity contribution in [1.82, 2.24) is 9.78 Å². The molecule has 71 valence electrons. The zero-order chi connectivity index (χ0) is 9.97. The molecule has 1 aromatic carbocycles. The van der Waals surface area contributed by atoms with Gasteiger partial charge in [-0.05, 0) is 17.7 Å². The molecule has 0 saturated heterocycles. The lowest BCUT2D eigenvalue weighted by Gasteiger charge is -2.04. The van der Waals surface area contributed by atoms with Crippen LogP contribution in [0.1, 0.15) is 5.56 Å². The third-order valence-electron chi connectivity index (χ3n) is 1.85. The molecule has 0 aliphatic heterocycles. The van der Waals surface area contributed by atoms with E-state index >= 15 is 0 Å². The fourth-order valence-electron chi connectivity index (χ4n) is 1.17. The fraction of sp³-hybridized carbons (Fsp3) is 0.100. The maximum atomic E-state index is 12.7. The highest BCUT2D eigenvalue weighted by Crippen LogP contribution is 2.17. The van der Waals surface area contributed by atoms with Gasteiger partial charge in [-0.15, -0.1) is 0 Å². The predicted molar refractivity (Wildman–Crippen MR) is 51.6 cm³/mol. The number of nitrogens with zero attached hydrogens (tertiary/aromatic N) is 2. The van der Waals surface area contributed by atoms with Crippen LogP contribution in [0.4, 0.5) is 4.39 Å². The first-order valence-electron chi connectivity index (χ1n) is 4.08. The quantitative estimate of drug-likeness (QED) is 0.743. The van der Waals surface area contributed by atoms with Gasteiger partial charge in [-0.3, -0.25) is 4.68 Å². The predicted octanol–water partition coefficient (Wildman–Crippen LogP) is 2.52. The highest BCUT2D eigenvalue weighted by atomic mass is 35.5. The van der Waals surface area contributed by atoms with Crippen molar-refractivity contribution in [2.45, 2.75) is 6.54 Å². The third-order valence-corrected chi connectivity index (χ3v) is 2.20.